The van der Waals surface area contributed by atoms with Gasteiger partial charge in [-0.3, -0.25) is 4.79 Å². The van der Waals surface area contributed by atoms with Gasteiger partial charge in [-0.1, -0.05) is 121 Å². The lowest BCUT2D eigenvalue weighted by atomic mass is 10.1. The van der Waals surface area contributed by atoms with E-state index in [1.54, 1.807) is 25.3 Å². The van der Waals surface area contributed by atoms with E-state index < -0.39 is 0 Å². The van der Waals surface area contributed by atoms with Gasteiger partial charge in [0.15, 0.2) is 0 Å². The summed E-state index contributed by atoms with van der Waals surface area (Å²) in [4.78, 5) is 26.0. The molecule has 1 N–H and O–H groups in total. The van der Waals surface area contributed by atoms with Crippen LogP contribution < -0.4 is 5.43 Å². The molecule has 0 fully saturated rings. The van der Waals surface area contributed by atoms with Crippen LogP contribution in [0.2, 0.25) is 0 Å². The Labute approximate surface area is 325 Å². The van der Waals surface area contributed by atoms with E-state index in [9.17, 15) is 9.59 Å². The average molecular weight is 731 g/mol. The molecule has 0 bridgehead atoms. The minimum atomic E-state index is -0.366. The van der Waals surface area contributed by atoms with Crippen molar-refractivity contribution in [2.45, 2.75) is 6.92 Å². The van der Waals surface area contributed by atoms with Crippen LogP contribution in [0, 0.1) is 0 Å². The first kappa shape index (κ1) is 35.5. The number of nitrogens with zero attached hydrogens (tertiary/aromatic N) is 3. The molecule has 0 spiro atoms. The van der Waals surface area contributed by atoms with Gasteiger partial charge in [0.2, 0.25) is 0 Å². The molecule has 7 heteroatoms. The predicted octanol–water partition coefficient (Wildman–Crippen LogP) is 10.9. The molecular weight excluding hydrogens is 693 g/mol. The molecule has 6 aromatic carbocycles. The summed E-state index contributed by atoms with van der Waals surface area (Å²) in [5.41, 5.74) is 14.4. The monoisotopic (exact) mass is 730 g/mol. The maximum Gasteiger partial charge on any atom is 0.338 e. The van der Waals surface area contributed by atoms with Crippen molar-refractivity contribution in [2.24, 2.45) is 5.10 Å². The van der Waals surface area contributed by atoms with E-state index in [2.05, 4.69) is 74.3 Å². The molecule has 0 aliphatic rings. The van der Waals surface area contributed by atoms with Crippen LogP contribution in [-0.2, 0) is 4.74 Å². The molecule has 2 aromatic heterocycles. The summed E-state index contributed by atoms with van der Waals surface area (Å²) >= 11 is 0. The summed E-state index contributed by atoms with van der Waals surface area (Å²) in [6, 6.07) is 62.0. The largest absolute Gasteiger partial charge is 0.462 e. The lowest BCUT2D eigenvalue weighted by Gasteiger charge is -2.15. The molecule has 8 aromatic rings. The minimum absolute atomic E-state index is 0.304. The fourth-order valence-corrected chi connectivity index (χ4v) is 6.94. The Balaban J connectivity index is 1.12. The minimum Gasteiger partial charge on any atom is -0.462 e. The van der Waals surface area contributed by atoms with E-state index in [0.717, 1.165) is 62.0 Å². The molecule has 0 atom stereocenters. The number of ether oxygens (including phenoxy) is 1. The third kappa shape index (κ3) is 7.34. The number of benzene rings is 6. The normalized spacial score (nSPS) is 11.1. The molecule has 0 saturated heterocycles. The first-order valence-corrected chi connectivity index (χ1v) is 18.5. The molecule has 0 radical (unpaired) electrons. The van der Waals surface area contributed by atoms with Crippen LogP contribution in [0.15, 0.2) is 193 Å². The zero-order valence-corrected chi connectivity index (χ0v) is 30.7. The van der Waals surface area contributed by atoms with Crippen LogP contribution in [0.3, 0.4) is 0 Å². The van der Waals surface area contributed by atoms with Crippen molar-refractivity contribution in [1.82, 2.24) is 14.6 Å². The SMILES string of the molecule is CCOC(=O)c1ccc(-n2c(-c3ccccc3)cc(/C=N/NC(=O)c3ccc(-n4c(-c5ccccc5)ccc4-c4ccccc4)cc3)c2-c2ccccc2)cc1. The van der Waals surface area contributed by atoms with Gasteiger partial charge >= 0.3 is 5.97 Å². The van der Waals surface area contributed by atoms with E-state index >= 15 is 0 Å². The van der Waals surface area contributed by atoms with Crippen LogP contribution in [0.4, 0.5) is 0 Å². The Morgan fingerprint density at radius 2 is 0.982 bits per heavy atom. The molecule has 272 valence electrons. The Bertz CT molecular complexity index is 2550. The fourth-order valence-electron chi connectivity index (χ4n) is 6.94. The summed E-state index contributed by atoms with van der Waals surface area (Å²) in [7, 11) is 0. The van der Waals surface area contributed by atoms with Crippen molar-refractivity contribution in [3.05, 3.63) is 205 Å². The Morgan fingerprint density at radius 3 is 1.48 bits per heavy atom. The first-order chi connectivity index (χ1) is 27.6. The molecule has 0 aliphatic carbocycles. The number of hydrogen-bond acceptors (Lipinski definition) is 4. The van der Waals surface area contributed by atoms with Crippen molar-refractivity contribution in [3.63, 3.8) is 0 Å². The Morgan fingerprint density at radius 1 is 0.536 bits per heavy atom. The summed E-state index contributed by atoms with van der Waals surface area (Å²) in [6.45, 7) is 2.09. The third-order valence-electron chi connectivity index (χ3n) is 9.56. The van der Waals surface area contributed by atoms with Gasteiger partial charge < -0.3 is 13.9 Å². The second-order valence-corrected chi connectivity index (χ2v) is 13.1. The van der Waals surface area contributed by atoms with E-state index in [1.165, 1.54) is 0 Å². The van der Waals surface area contributed by atoms with Crippen molar-refractivity contribution in [2.75, 3.05) is 6.61 Å². The molecule has 8 rings (SSSR count). The molecule has 0 aliphatic heterocycles. The summed E-state index contributed by atoms with van der Waals surface area (Å²) in [6.07, 6.45) is 1.68. The lowest BCUT2D eigenvalue weighted by Crippen LogP contribution is -2.17. The van der Waals surface area contributed by atoms with Crippen LogP contribution in [0.5, 0.6) is 0 Å². The van der Waals surface area contributed by atoms with E-state index in [1.807, 2.05) is 121 Å². The van der Waals surface area contributed by atoms with Gasteiger partial charge in [-0.2, -0.15) is 5.10 Å². The highest BCUT2D eigenvalue weighted by Gasteiger charge is 2.20. The van der Waals surface area contributed by atoms with Crippen molar-refractivity contribution in [3.8, 4) is 56.4 Å². The summed E-state index contributed by atoms with van der Waals surface area (Å²) in [5.74, 6) is -0.694. The van der Waals surface area contributed by atoms with Crippen LogP contribution in [0.25, 0.3) is 56.4 Å². The lowest BCUT2D eigenvalue weighted by molar-refractivity contribution is 0.0526. The second kappa shape index (κ2) is 16.2. The predicted molar refractivity (Wildman–Crippen MR) is 224 cm³/mol. The average Bonchev–Trinajstić information content (AvgIpc) is 3.88. The van der Waals surface area contributed by atoms with Crippen LogP contribution in [-0.4, -0.2) is 33.8 Å². The second-order valence-electron chi connectivity index (χ2n) is 13.1. The maximum absolute atomic E-state index is 13.5. The number of esters is 1. The van der Waals surface area contributed by atoms with E-state index in [-0.39, 0.29) is 11.9 Å². The Kier molecular flexibility index (Phi) is 10.3. The number of carbonyl (C=O) groups excluding carboxylic acids is 2. The zero-order valence-electron chi connectivity index (χ0n) is 30.7. The molecule has 7 nitrogen and oxygen atoms in total. The van der Waals surface area contributed by atoms with Crippen LogP contribution in [0.1, 0.15) is 33.2 Å². The van der Waals surface area contributed by atoms with Gasteiger partial charge in [0.25, 0.3) is 5.91 Å². The molecule has 56 heavy (non-hydrogen) atoms. The smallest absolute Gasteiger partial charge is 0.338 e. The maximum atomic E-state index is 13.5. The van der Waals surface area contributed by atoms with Gasteiger partial charge in [-0.15, -0.1) is 0 Å². The van der Waals surface area contributed by atoms with Gasteiger partial charge in [-0.25, -0.2) is 10.2 Å². The zero-order chi connectivity index (χ0) is 38.3. The number of nitrogens with one attached hydrogen (secondary N) is 1. The molecular formula is C49H38N4O3. The molecule has 1 amide bonds. The number of carbonyl (C=O) groups is 2. The molecule has 0 saturated carbocycles. The number of aromatic nitrogens is 2. The van der Waals surface area contributed by atoms with Crippen molar-refractivity contribution >= 4 is 18.1 Å². The number of rotatable bonds is 11. The number of hydrogen-bond donors (Lipinski definition) is 1. The van der Waals surface area contributed by atoms with E-state index in [4.69, 9.17) is 4.74 Å². The van der Waals surface area contributed by atoms with Gasteiger partial charge in [0, 0.05) is 22.5 Å². The highest BCUT2D eigenvalue weighted by Crippen LogP contribution is 2.36. The molecule has 0 unspecified atom stereocenters. The highest BCUT2D eigenvalue weighted by molar-refractivity contribution is 5.97. The first-order valence-electron chi connectivity index (χ1n) is 18.5. The standard InChI is InChI=1S/C49H38N4O3/c1-2-56-49(55)40-25-29-43(30-26-40)53-46(37-19-11-5-12-20-37)33-41(47(53)38-21-13-6-14-22-38)34-50-51-48(54)39-23-27-42(28-24-39)52-44(35-15-7-3-8-16-35)31-32-45(52)36-17-9-4-10-18-36/h3-34H,2H2,1H3,(H,51,54)/b50-34+. The summed E-state index contributed by atoms with van der Waals surface area (Å²) < 4.78 is 9.59. The third-order valence-corrected chi connectivity index (χ3v) is 9.56. The topological polar surface area (TPSA) is 77.6 Å². The molecule has 2 heterocycles. The summed E-state index contributed by atoms with van der Waals surface area (Å²) in [5, 5.41) is 4.48. The number of hydrazone groups is 1. The quantitative estimate of drug-likeness (QED) is 0.0818. The highest BCUT2D eigenvalue weighted by atomic mass is 16.5. The van der Waals surface area contributed by atoms with Crippen molar-refractivity contribution in [1.29, 1.82) is 0 Å². The van der Waals surface area contributed by atoms with Gasteiger partial charge in [-0.05, 0) is 95.9 Å². The van der Waals surface area contributed by atoms with Gasteiger partial charge in [0.1, 0.15) is 0 Å². The van der Waals surface area contributed by atoms with E-state index in [0.29, 0.717) is 17.7 Å². The van der Waals surface area contributed by atoms with Crippen molar-refractivity contribution < 1.29 is 14.3 Å². The fraction of sp³-hybridized carbons (Fsp3) is 0.0408. The van der Waals surface area contributed by atoms with Gasteiger partial charge in [0.05, 0.1) is 41.2 Å². The number of amides is 1. The Hall–Kier alpha value is -7.51. The van der Waals surface area contributed by atoms with Crippen LogP contribution >= 0.6 is 0 Å².